The highest BCUT2D eigenvalue weighted by Gasteiger charge is 2.60. The summed E-state index contributed by atoms with van der Waals surface area (Å²) in [6.07, 6.45) is 0. The third-order valence-electron chi connectivity index (χ3n) is 8.92. The van der Waals surface area contributed by atoms with Crippen molar-refractivity contribution in [3.63, 3.8) is 0 Å². The second-order valence-electron chi connectivity index (χ2n) is 13.8. The first kappa shape index (κ1) is 69.4. The van der Waals surface area contributed by atoms with Crippen LogP contribution in [0.5, 0.6) is 0 Å². The summed E-state index contributed by atoms with van der Waals surface area (Å²) in [7, 11) is -64.7. The second kappa shape index (κ2) is 35.3. The molecule has 12 bridgehead atoms. The van der Waals surface area contributed by atoms with Gasteiger partial charge in [-0.05, 0) is 0 Å². The van der Waals surface area contributed by atoms with Crippen molar-refractivity contribution in [3.8, 4) is 0 Å². The van der Waals surface area contributed by atoms with Crippen molar-refractivity contribution in [3.05, 3.63) is 0 Å². The van der Waals surface area contributed by atoms with E-state index in [9.17, 15) is 9.59 Å². The first-order chi connectivity index (χ1) is 37.7. The van der Waals surface area contributed by atoms with Crippen LogP contribution in [0.25, 0.3) is 0 Å². The van der Waals surface area contributed by atoms with Gasteiger partial charge in [-0.25, -0.2) is 0 Å². The third-order valence-corrected chi connectivity index (χ3v) is 69.0. The second-order valence-corrected chi connectivity index (χ2v) is 69.0. The first-order valence-electron chi connectivity index (χ1n) is 21.6. The Morgan fingerprint density at radius 2 is 0.859 bits per heavy atom. The molecule has 8 unspecified atom stereocenters. The van der Waals surface area contributed by atoms with Crippen LogP contribution in [0.4, 0.5) is 0 Å². The fourth-order valence-electron chi connectivity index (χ4n) is 5.54. The molecule has 0 spiro atoms. The molecule has 43 nitrogen and oxygen atoms in total. The molecule has 0 aliphatic carbocycles. The van der Waals surface area contributed by atoms with Crippen molar-refractivity contribution in [1.82, 2.24) is 0 Å². The van der Waals surface area contributed by atoms with Gasteiger partial charge >= 0.3 is 179 Å². The highest BCUT2D eigenvalue weighted by molar-refractivity contribution is 6.83. The summed E-state index contributed by atoms with van der Waals surface area (Å²) in [5.41, 5.74) is 0. The Kier molecular flexibility index (Phi) is 31.4. The van der Waals surface area contributed by atoms with Gasteiger partial charge in [0.25, 0.3) is 70.0 Å². The zero-order valence-electron chi connectivity index (χ0n) is 42.2. The van der Waals surface area contributed by atoms with E-state index >= 15 is 0 Å². The topological polar surface area (TPSA) is 419 Å². The zero-order chi connectivity index (χ0) is 55.6. The minimum atomic E-state index is -5.26. The van der Waals surface area contributed by atoms with E-state index in [1.165, 1.54) is 56.9 Å². The maximum Gasteiger partial charge on any atom is 0.663 e. The van der Waals surface area contributed by atoms with Crippen molar-refractivity contribution in [2.75, 3.05) is 64.0 Å². The lowest BCUT2D eigenvalue weighted by Crippen LogP contribution is -2.68. The molecule has 9 atom stereocenters. The summed E-state index contributed by atoms with van der Waals surface area (Å²) in [5, 5.41) is 0. The summed E-state index contributed by atoms with van der Waals surface area (Å²) < 4.78 is 235. The lowest BCUT2D eigenvalue weighted by Gasteiger charge is -2.44. The molecule has 10 rings (SSSR count). The number of rotatable bonds is 21. The summed E-state index contributed by atoms with van der Waals surface area (Å²) >= 11 is 0. The van der Waals surface area contributed by atoms with E-state index < -0.39 is 249 Å². The molecule has 0 saturated carbocycles. The van der Waals surface area contributed by atoms with Crippen LogP contribution < -0.4 is 0 Å². The number of fused-ring (bicyclic) bond motifs is 6. The molecule has 2 N–H and O–H groups in total. The van der Waals surface area contributed by atoms with Crippen molar-refractivity contribution in [2.45, 2.75) is 0 Å². The highest BCUT2D eigenvalue weighted by atomic mass is 28.6. The normalized spacial score (nSPS) is 40.7. The smallest absolute Gasteiger partial charge is 0.425 e. The monoisotopic (exact) mass is 1590 g/mol. The maximum absolute atomic E-state index is 12.3. The van der Waals surface area contributed by atoms with Gasteiger partial charge in [0.15, 0.2) is 0 Å². The minimum Gasteiger partial charge on any atom is -0.425 e. The summed E-state index contributed by atoms with van der Waals surface area (Å²) in [6, 6.07) is 0. The molecule has 0 aromatic heterocycles. The molecule has 462 valence electrons. The molecule has 0 radical (unpaired) electrons. The van der Waals surface area contributed by atoms with Crippen LogP contribution in [0.3, 0.4) is 0 Å². The van der Waals surface area contributed by atoms with E-state index in [0.29, 0.717) is 0 Å². The van der Waals surface area contributed by atoms with Crippen LogP contribution in [0.1, 0.15) is 4.28 Å². The number of hydrogen-bond donors (Lipinski definition) is 2. The van der Waals surface area contributed by atoms with Crippen LogP contribution in [0.2, 0.25) is 0 Å². The Bertz CT molecular complexity index is 1560. The van der Waals surface area contributed by atoms with E-state index in [2.05, 4.69) is 0 Å². The predicted molar refractivity (Wildman–Crippen MR) is 299 cm³/mol. The lowest BCUT2D eigenvalue weighted by molar-refractivity contribution is 0.0221. The Labute approximate surface area is 495 Å². The van der Waals surface area contributed by atoms with E-state index in [1.807, 2.05) is 0 Å². The fourth-order valence-corrected chi connectivity index (χ4v) is 79.9. The number of hydrogen-bond acceptors (Lipinski definition) is 43. The van der Waals surface area contributed by atoms with Gasteiger partial charge in [-0.15, -0.1) is 0 Å². The Morgan fingerprint density at radius 1 is 0.436 bits per heavy atom. The molecule has 0 aromatic rings. The van der Waals surface area contributed by atoms with E-state index in [-0.39, 0.29) is 4.28 Å². The lowest BCUT2D eigenvalue weighted by atomic mass is 11.8. The summed E-state index contributed by atoms with van der Waals surface area (Å²) in [5.74, 6) is 0. The average molecular weight is 1590 g/mol. The molecule has 10 aliphatic heterocycles. The molecule has 0 amide bonds. The van der Waals surface area contributed by atoms with Gasteiger partial charge in [0.05, 0.1) is 0 Å². The molecule has 10 heterocycles. The van der Waals surface area contributed by atoms with Crippen molar-refractivity contribution >= 4 is 249 Å². The standard InChI is InChI=1S/C9H50O31Si18.H8O12Si8.3H2/c1-12-41-21-43-22-46-29-57(17-6,18-7)40-53(24-42-13-2)36-56(11)34-51-26-45-23-44-25-50-31-52(35-56)28-47-27-48(14-3)38-58(19-8,20-9)39-49(15-4)30-54(32-51)37-55(10,16-5)33-50;1-13-2-15-6-17-4-14(1)5-18-7-16(3-13)9-19(8-15)12-20(10-17)11-18;;;/h10-11,48-54H,41-47H2,1-9H3;13-20H;3*1H/t48?,49?,50-,51?,52?,53?,54?,55?,56?;;;;/m1..../s1. The largest absolute Gasteiger partial charge is 0.663 e. The van der Waals surface area contributed by atoms with Gasteiger partial charge in [0.2, 0.25) is 0 Å². The van der Waals surface area contributed by atoms with Crippen LogP contribution >= 0.6 is 0 Å². The van der Waals surface area contributed by atoms with Gasteiger partial charge in [-0.1, -0.05) is 0 Å². The Morgan fingerprint density at radius 3 is 1.31 bits per heavy atom. The van der Waals surface area contributed by atoms with Crippen LogP contribution in [-0.2, 0) is 172 Å². The molecule has 10 aliphatic rings. The summed E-state index contributed by atoms with van der Waals surface area (Å²) in [6.45, 7) is 0. The molecular weight excluding hydrogens is 1530 g/mol. The SMILES string of the molecule is CO[SiH2]O[SiH2]O[SiH2]O[Si](OC)(OC)O[SiH](O[SiH2]OC)O[Si]1(O)O[SiH]2O[SiH2]O[SiH2]O[Si@@H]3O[SiH](O[SiH2]O[SiH](OC)O[Si](OC)(OC)O[SiH](OC)O[SiH](O2)O[Si](O)(OC)O3)O1.O1[SiH]2O[SiH]3O[SiH]4O[SiH]1O[SiH]1O[SiH](O2)O[SiH](O3)O[SiH](O4)O1.[HH].[HH].[HH]. The molecule has 10 fully saturated rings. The van der Waals surface area contributed by atoms with Crippen molar-refractivity contribution in [2.24, 2.45) is 0 Å². The average Bonchev–Trinajstić information content (AvgIpc) is 3.42. The zero-order valence-corrected chi connectivity index (χ0v) is 73.5. The van der Waals surface area contributed by atoms with E-state index in [4.69, 9.17) is 172 Å². The van der Waals surface area contributed by atoms with Gasteiger partial charge < -0.3 is 181 Å². The molecular formula is C9H64O43Si26. The predicted octanol–water partition coefficient (Wildman–Crippen LogP) is -19.4. The third kappa shape index (κ3) is 22.1. The Hall–Kier alpha value is 3.92. The highest BCUT2D eigenvalue weighted by Crippen LogP contribution is 2.27. The van der Waals surface area contributed by atoms with Crippen LogP contribution in [0.15, 0.2) is 0 Å². The van der Waals surface area contributed by atoms with Gasteiger partial charge in [0.1, 0.15) is 0 Å². The van der Waals surface area contributed by atoms with Crippen LogP contribution in [-0.4, -0.2) is 323 Å². The van der Waals surface area contributed by atoms with Gasteiger partial charge in [-0.3, -0.25) is 0 Å². The van der Waals surface area contributed by atoms with E-state index in [0.717, 1.165) is 7.11 Å². The van der Waals surface area contributed by atoms with Crippen molar-refractivity contribution in [1.29, 1.82) is 0 Å². The minimum absolute atomic E-state index is 0. The summed E-state index contributed by atoms with van der Waals surface area (Å²) in [4.78, 5) is 23.8. The van der Waals surface area contributed by atoms with E-state index in [1.54, 1.807) is 0 Å². The van der Waals surface area contributed by atoms with Gasteiger partial charge in [-0.2, -0.15) is 0 Å². The van der Waals surface area contributed by atoms with Crippen molar-refractivity contribution < 1.29 is 185 Å². The Balaban J connectivity index is 0.000000504. The fraction of sp³-hybridized carbons (Fsp3) is 1.00. The molecule has 69 heteroatoms. The maximum atomic E-state index is 12.3. The first-order valence-corrected chi connectivity index (χ1v) is 57.5. The van der Waals surface area contributed by atoms with Crippen LogP contribution in [0, 0.1) is 0 Å². The van der Waals surface area contributed by atoms with Gasteiger partial charge in [0, 0.05) is 68.3 Å². The quantitative estimate of drug-likeness (QED) is 0.0796. The molecule has 0 aromatic carbocycles. The molecule has 78 heavy (non-hydrogen) atoms. The molecule has 10 saturated heterocycles.